The highest BCUT2D eigenvalue weighted by Gasteiger charge is 1.73. The van der Waals surface area contributed by atoms with Crippen LogP contribution in [0.3, 0.4) is 0 Å². The van der Waals surface area contributed by atoms with Crippen molar-refractivity contribution in [2.24, 2.45) is 5.84 Å². The lowest BCUT2D eigenvalue weighted by Gasteiger charge is -1.79. The number of hydrogen-bond donors (Lipinski definition) is 3. The van der Waals surface area contributed by atoms with Crippen molar-refractivity contribution in [3.05, 3.63) is 17.9 Å². The molecule has 0 heterocycles. The zero-order chi connectivity index (χ0) is 6.99. The number of rotatable bonds is 1. The summed E-state index contributed by atoms with van der Waals surface area (Å²) < 4.78 is 0. The molecule has 0 fully saturated rings. The molecular weight excluding hydrogens is 112 g/mol. The zero-order valence-electron chi connectivity index (χ0n) is 4.20. The molecule has 0 radical (unpaired) electrons. The Kier molecular flexibility index (Phi) is 12.0. The van der Waals surface area contributed by atoms with Gasteiger partial charge in [0.05, 0.1) is 0 Å². The Bertz CT molecular complexity index is 72.9. The largest absolute Gasteiger partial charge is 0.615 e. The third-order valence-electron chi connectivity index (χ3n) is 0.175. The van der Waals surface area contributed by atoms with Crippen molar-refractivity contribution in [3.63, 3.8) is 0 Å². The maximum atomic E-state index is 9.25. The van der Waals surface area contributed by atoms with Gasteiger partial charge < -0.3 is 15.9 Å². The molecule has 8 heavy (non-hydrogen) atoms. The molecule has 0 aliphatic heterocycles. The van der Waals surface area contributed by atoms with Crippen LogP contribution in [-0.2, 0) is 4.79 Å². The lowest BCUT2D eigenvalue weighted by atomic mass is 10.7. The molecule has 5 N–H and O–H groups in total. The van der Waals surface area contributed by atoms with Crippen LogP contribution in [0.25, 0.3) is 0 Å². The summed E-state index contributed by atoms with van der Waals surface area (Å²) in [6.45, 7) is 2.96. The van der Waals surface area contributed by atoms with Gasteiger partial charge in [-0.2, -0.15) is 5.84 Å². The summed E-state index contributed by atoms with van der Waals surface area (Å²) in [6.07, 6.45) is 0.833. The first-order valence-corrected chi connectivity index (χ1v) is 1.69. The minimum Gasteiger partial charge on any atom is -0.615 e. The fourth-order valence-electron chi connectivity index (χ4n) is 0. The smallest absolute Gasteiger partial charge is 0.327 e. The first-order chi connectivity index (χ1) is 3.68. The van der Waals surface area contributed by atoms with Crippen LogP contribution in [0.5, 0.6) is 0 Å². The predicted molar refractivity (Wildman–Crippen MR) is 27.3 cm³/mol. The molecule has 48 valence electrons. The van der Waals surface area contributed by atoms with E-state index >= 15 is 0 Å². The van der Waals surface area contributed by atoms with Gasteiger partial charge in [0.15, 0.2) is 0 Å². The highest BCUT2D eigenvalue weighted by atomic mass is 16.5. The summed E-state index contributed by atoms with van der Waals surface area (Å²) in [5.74, 6) is 3.19. The molecule has 0 saturated heterocycles. The molecule has 0 bridgehead atoms. The van der Waals surface area contributed by atoms with E-state index in [1.165, 1.54) is 0 Å². The molecule has 5 nitrogen and oxygen atoms in total. The normalized spacial score (nSPS) is 6.25. The van der Waals surface area contributed by atoms with Crippen LogP contribution in [0.15, 0.2) is 12.7 Å². The summed E-state index contributed by atoms with van der Waals surface area (Å²) in [5, 5.41) is 16.2. The van der Waals surface area contributed by atoms with Crippen LogP contribution in [0.4, 0.5) is 0 Å². The van der Waals surface area contributed by atoms with Gasteiger partial charge in [-0.1, -0.05) is 6.58 Å². The fourth-order valence-corrected chi connectivity index (χ4v) is 0. The third kappa shape index (κ3) is 71.7. The lowest BCUT2D eigenvalue weighted by molar-refractivity contribution is -0.601. The van der Waals surface area contributed by atoms with E-state index in [2.05, 4.69) is 12.4 Å². The van der Waals surface area contributed by atoms with E-state index in [9.17, 15) is 4.79 Å². The average Bonchev–Trinajstić information content (AvgIpc) is 1.69. The summed E-state index contributed by atoms with van der Waals surface area (Å²) in [5.41, 5.74) is 0.250. The van der Waals surface area contributed by atoms with E-state index in [0.717, 1.165) is 6.08 Å². The van der Waals surface area contributed by atoms with E-state index in [4.69, 9.17) is 10.3 Å². The van der Waals surface area contributed by atoms with Crippen molar-refractivity contribution in [1.82, 2.24) is 0 Å². The summed E-state index contributed by atoms with van der Waals surface area (Å²) in [6, 6.07) is 0. The highest BCUT2D eigenvalue weighted by Crippen LogP contribution is 1.54. The van der Waals surface area contributed by atoms with Crippen molar-refractivity contribution in [2.75, 3.05) is 0 Å². The van der Waals surface area contributed by atoms with Gasteiger partial charge in [0, 0.05) is 6.08 Å². The molecule has 0 saturated carbocycles. The standard InChI is InChI=1S/C3H4O2.H4N2O/c1-2-3(4)5;1-2-3/h2H,1H2,(H,4,5);1-2H2. The van der Waals surface area contributed by atoms with E-state index < -0.39 is 5.97 Å². The van der Waals surface area contributed by atoms with Crippen LogP contribution in [0.1, 0.15) is 0 Å². The molecule has 0 aliphatic rings. The SMILES string of the molecule is C=CC(=O)O.N[NH2+][O-]. The molecular formula is C3H8N2O3. The number of aliphatic carboxylic acids is 1. The van der Waals surface area contributed by atoms with E-state index in [1.807, 2.05) is 0 Å². The van der Waals surface area contributed by atoms with Crippen molar-refractivity contribution in [3.8, 4) is 0 Å². The Hall–Kier alpha value is -0.910. The summed E-state index contributed by atoms with van der Waals surface area (Å²) >= 11 is 0. The maximum Gasteiger partial charge on any atom is 0.327 e. The van der Waals surface area contributed by atoms with Gasteiger partial charge in [-0.25, -0.2) is 4.79 Å². The van der Waals surface area contributed by atoms with Crippen LogP contribution in [0, 0.1) is 5.21 Å². The predicted octanol–water partition coefficient (Wildman–Crippen LogP) is -1.82. The molecule has 0 rings (SSSR count). The summed E-state index contributed by atoms with van der Waals surface area (Å²) in [7, 11) is 0. The van der Waals surface area contributed by atoms with Gasteiger partial charge in [-0.15, -0.1) is 0 Å². The van der Waals surface area contributed by atoms with E-state index in [1.54, 1.807) is 0 Å². The number of nitrogens with two attached hydrogens (primary N) is 2. The molecule has 0 aliphatic carbocycles. The van der Waals surface area contributed by atoms with Gasteiger partial charge in [0.2, 0.25) is 0 Å². The molecule has 0 unspecified atom stereocenters. The van der Waals surface area contributed by atoms with Gasteiger partial charge in [-0.3, -0.25) is 0 Å². The second kappa shape index (κ2) is 9.43. The maximum absolute atomic E-state index is 9.25. The minimum atomic E-state index is -0.981. The van der Waals surface area contributed by atoms with Crippen LogP contribution < -0.4 is 11.4 Å². The Balaban J connectivity index is 0. The number of carbonyl (C=O) groups is 1. The van der Waals surface area contributed by atoms with Gasteiger partial charge in [0.25, 0.3) is 0 Å². The molecule has 0 amide bonds. The first-order valence-electron chi connectivity index (χ1n) is 1.69. The molecule has 5 heteroatoms. The minimum absolute atomic E-state index is 0.250. The van der Waals surface area contributed by atoms with Gasteiger partial charge in [0.1, 0.15) is 0 Å². The van der Waals surface area contributed by atoms with Crippen molar-refractivity contribution < 1.29 is 15.5 Å². The Morgan fingerprint density at radius 1 is 2.00 bits per heavy atom. The number of carboxylic acids is 1. The van der Waals surface area contributed by atoms with Crippen LogP contribution in [0.2, 0.25) is 0 Å². The molecule has 0 aromatic rings. The zero-order valence-corrected chi connectivity index (χ0v) is 4.20. The van der Waals surface area contributed by atoms with Gasteiger partial charge >= 0.3 is 5.97 Å². The molecule has 0 atom stereocenters. The van der Waals surface area contributed by atoms with Crippen LogP contribution >= 0.6 is 0 Å². The lowest BCUT2D eigenvalue weighted by Crippen LogP contribution is -2.84. The summed E-state index contributed by atoms with van der Waals surface area (Å²) in [4.78, 5) is 9.25. The Labute approximate surface area is 46.3 Å². The van der Waals surface area contributed by atoms with Crippen LogP contribution in [-0.4, -0.2) is 11.1 Å². The van der Waals surface area contributed by atoms with Crippen molar-refractivity contribution >= 4 is 5.97 Å². The third-order valence-corrected chi connectivity index (χ3v) is 0.175. The first kappa shape index (κ1) is 10.1. The topological polar surface area (TPSA) is 103 Å². The molecule has 0 spiro atoms. The monoisotopic (exact) mass is 120 g/mol. The second-order valence-corrected chi connectivity index (χ2v) is 0.678. The second-order valence-electron chi connectivity index (χ2n) is 0.678. The Morgan fingerprint density at radius 2 is 2.12 bits per heavy atom. The number of carboxylic acid groups (broad SMARTS) is 1. The molecule has 0 aromatic heterocycles. The fraction of sp³-hybridized carbons (Fsp3) is 0. The quantitative estimate of drug-likeness (QED) is 0.215. The van der Waals surface area contributed by atoms with Gasteiger partial charge in [-0.05, 0) is 0 Å². The van der Waals surface area contributed by atoms with Crippen molar-refractivity contribution in [2.45, 2.75) is 0 Å². The van der Waals surface area contributed by atoms with Crippen molar-refractivity contribution in [1.29, 1.82) is 0 Å². The number of quaternary nitrogens is 1. The molecule has 0 aromatic carbocycles. The number of hydrogen-bond acceptors (Lipinski definition) is 3. The Morgan fingerprint density at radius 3 is 2.12 bits per heavy atom. The van der Waals surface area contributed by atoms with E-state index in [0.29, 0.717) is 0 Å². The average molecular weight is 120 g/mol. The van der Waals surface area contributed by atoms with E-state index in [-0.39, 0.29) is 5.59 Å². The highest BCUT2D eigenvalue weighted by molar-refractivity contribution is 5.78.